The van der Waals surface area contributed by atoms with E-state index in [9.17, 15) is 0 Å². The third kappa shape index (κ3) is 3.93. The van der Waals surface area contributed by atoms with Gasteiger partial charge in [0.15, 0.2) is 0 Å². The minimum atomic E-state index is 0.390. The number of thioether (sulfide) groups is 1. The largest absolute Gasteiger partial charge is 0.330 e. The lowest BCUT2D eigenvalue weighted by Gasteiger charge is -2.41. The smallest absolute Gasteiger partial charge is 0.115 e. The molecule has 1 aliphatic rings. The van der Waals surface area contributed by atoms with Crippen molar-refractivity contribution in [3.8, 4) is 0 Å². The summed E-state index contributed by atoms with van der Waals surface area (Å²) < 4.78 is 0. The van der Waals surface area contributed by atoms with Crippen LogP contribution in [0, 0.1) is 17.3 Å². The number of hydrogen-bond acceptors (Lipinski definition) is 4. The molecule has 4 heteroatoms. The van der Waals surface area contributed by atoms with Gasteiger partial charge in [0.25, 0.3) is 0 Å². The van der Waals surface area contributed by atoms with Crippen LogP contribution in [0.2, 0.25) is 0 Å². The zero-order valence-electron chi connectivity index (χ0n) is 12.2. The Morgan fingerprint density at radius 2 is 2.11 bits per heavy atom. The predicted molar refractivity (Wildman–Crippen MR) is 81.0 cm³/mol. The topological polar surface area (TPSA) is 51.8 Å². The fraction of sp³-hybridized carbons (Fsp3) is 0.733. The fourth-order valence-electron chi connectivity index (χ4n) is 2.89. The molecule has 3 atom stereocenters. The van der Waals surface area contributed by atoms with Crippen molar-refractivity contribution < 1.29 is 0 Å². The Kier molecular flexibility index (Phi) is 4.85. The molecule has 1 heterocycles. The Hall–Kier alpha value is -0.610. The summed E-state index contributed by atoms with van der Waals surface area (Å²) in [5, 5.41) is 1.61. The van der Waals surface area contributed by atoms with Crippen molar-refractivity contribution in [1.82, 2.24) is 9.97 Å². The van der Waals surface area contributed by atoms with Gasteiger partial charge in [0.1, 0.15) is 5.03 Å². The molecule has 19 heavy (non-hydrogen) atoms. The van der Waals surface area contributed by atoms with Gasteiger partial charge in [-0.05, 0) is 43.1 Å². The van der Waals surface area contributed by atoms with E-state index in [1.165, 1.54) is 19.3 Å². The lowest BCUT2D eigenvalue weighted by atomic mass is 9.69. The van der Waals surface area contributed by atoms with Crippen LogP contribution in [0.15, 0.2) is 23.6 Å². The molecule has 0 radical (unpaired) electrons. The Morgan fingerprint density at radius 3 is 2.68 bits per heavy atom. The molecule has 106 valence electrons. The van der Waals surface area contributed by atoms with Gasteiger partial charge in [-0.25, -0.2) is 4.98 Å². The normalized spacial score (nSPS) is 28.3. The number of aromatic nitrogens is 2. The molecule has 0 aliphatic heterocycles. The van der Waals surface area contributed by atoms with E-state index in [0.717, 1.165) is 17.5 Å². The molecule has 0 spiro atoms. The summed E-state index contributed by atoms with van der Waals surface area (Å²) in [7, 11) is 0. The van der Waals surface area contributed by atoms with E-state index >= 15 is 0 Å². The van der Waals surface area contributed by atoms with Gasteiger partial charge < -0.3 is 5.73 Å². The van der Waals surface area contributed by atoms with Crippen LogP contribution in [0.25, 0.3) is 0 Å². The molecular weight excluding hydrogens is 254 g/mol. The summed E-state index contributed by atoms with van der Waals surface area (Å²) in [6.45, 7) is 7.84. The second-order valence-corrected chi connectivity index (χ2v) is 7.83. The molecule has 1 aliphatic carbocycles. The average molecular weight is 279 g/mol. The zero-order chi connectivity index (χ0) is 13.9. The maximum atomic E-state index is 5.95. The highest BCUT2D eigenvalue weighted by Gasteiger charge is 2.35. The van der Waals surface area contributed by atoms with E-state index in [0.29, 0.717) is 16.6 Å². The molecule has 1 fully saturated rings. The summed E-state index contributed by atoms with van der Waals surface area (Å²) in [5.41, 5.74) is 6.34. The quantitative estimate of drug-likeness (QED) is 0.922. The first kappa shape index (κ1) is 14.8. The second kappa shape index (κ2) is 6.23. The van der Waals surface area contributed by atoms with Crippen LogP contribution in [0.3, 0.4) is 0 Å². The van der Waals surface area contributed by atoms with Crippen molar-refractivity contribution >= 4 is 11.8 Å². The van der Waals surface area contributed by atoms with Gasteiger partial charge in [0, 0.05) is 17.6 Å². The van der Waals surface area contributed by atoms with Crippen LogP contribution < -0.4 is 5.73 Å². The number of nitrogens with two attached hydrogens (primary N) is 1. The summed E-state index contributed by atoms with van der Waals surface area (Å²) in [6.07, 6.45) is 9.15. The average Bonchev–Trinajstić information content (AvgIpc) is 2.39. The molecule has 1 saturated carbocycles. The summed E-state index contributed by atoms with van der Waals surface area (Å²) in [6, 6.07) is 0. The third-order valence-corrected chi connectivity index (χ3v) is 5.60. The molecule has 2 rings (SSSR count). The molecule has 0 amide bonds. The predicted octanol–water partition coefficient (Wildman–Crippen LogP) is 3.36. The van der Waals surface area contributed by atoms with Crippen LogP contribution in [-0.2, 0) is 0 Å². The third-order valence-electron chi connectivity index (χ3n) is 4.27. The molecule has 0 aromatic carbocycles. The standard InChI is InChI=1S/C15H25N3S/c1-15(2,3)12-5-4-11(9-16)13(8-12)19-14-10-17-6-7-18-14/h6-7,10-13H,4-5,8-9,16H2,1-3H3. The SMILES string of the molecule is CC(C)(C)C1CCC(CN)C(Sc2cnccn2)C1. The first-order valence-corrected chi connectivity index (χ1v) is 8.01. The summed E-state index contributed by atoms with van der Waals surface area (Å²) in [5.74, 6) is 1.40. The molecule has 2 N–H and O–H groups in total. The summed E-state index contributed by atoms with van der Waals surface area (Å²) in [4.78, 5) is 8.54. The van der Waals surface area contributed by atoms with E-state index in [4.69, 9.17) is 5.73 Å². The first-order chi connectivity index (χ1) is 9.00. The molecular formula is C15H25N3S. The Balaban J connectivity index is 2.06. The van der Waals surface area contributed by atoms with Gasteiger partial charge in [-0.3, -0.25) is 4.98 Å². The molecule has 1 aromatic heterocycles. The Bertz CT molecular complexity index is 388. The van der Waals surface area contributed by atoms with Crippen molar-refractivity contribution in [2.75, 3.05) is 6.54 Å². The van der Waals surface area contributed by atoms with Crippen LogP contribution in [0.4, 0.5) is 0 Å². The highest BCUT2D eigenvalue weighted by molar-refractivity contribution is 7.99. The van der Waals surface area contributed by atoms with Crippen LogP contribution in [0.5, 0.6) is 0 Å². The minimum absolute atomic E-state index is 0.390. The van der Waals surface area contributed by atoms with Crippen molar-refractivity contribution in [3.05, 3.63) is 18.6 Å². The van der Waals surface area contributed by atoms with Gasteiger partial charge in [0.05, 0.1) is 6.20 Å². The van der Waals surface area contributed by atoms with Crippen LogP contribution in [0.1, 0.15) is 40.0 Å². The van der Waals surface area contributed by atoms with E-state index < -0.39 is 0 Å². The molecule has 1 aromatic rings. The van der Waals surface area contributed by atoms with E-state index in [1.54, 1.807) is 12.4 Å². The van der Waals surface area contributed by atoms with Gasteiger partial charge in [-0.2, -0.15) is 0 Å². The zero-order valence-corrected chi connectivity index (χ0v) is 13.0. The van der Waals surface area contributed by atoms with E-state index in [2.05, 4.69) is 30.7 Å². The van der Waals surface area contributed by atoms with Crippen molar-refractivity contribution in [2.24, 2.45) is 23.0 Å². The van der Waals surface area contributed by atoms with Crippen molar-refractivity contribution in [1.29, 1.82) is 0 Å². The monoisotopic (exact) mass is 279 g/mol. The molecule has 0 bridgehead atoms. The number of rotatable bonds is 3. The highest BCUT2D eigenvalue weighted by atomic mass is 32.2. The maximum absolute atomic E-state index is 5.95. The number of nitrogens with zero attached hydrogens (tertiary/aromatic N) is 2. The van der Waals surface area contributed by atoms with Crippen molar-refractivity contribution in [3.63, 3.8) is 0 Å². The lowest BCUT2D eigenvalue weighted by Crippen LogP contribution is -2.36. The van der Waals surface area contributed by atoms with Gasteiger partial charge >= 0.3 is 0 Å². The molecule has 0 saturated heterocycles. The van der Waals surface area contributed by atoms with E-state index in [-0.39, 0.29) is 0 Å². The lowest BCUT2D eigenvalue weighted by molar-refractivity contribution is 0.157. The van der Waals surface area contributed by atoms with Gasteiger partial charge in [0.2, 0.25) is 0 Å². The fourth-order valence-corrected chi connectivity index (χ4v) is 4.22. The minimum Gasteiger partial charge on any atom is -0.330 e. The molecule has 3 unspecified atom stereocenters. The van der Waals surface area contributed by atoms with Crippen LogP contribution in [-0.4, -0.2) is 21.8 Å². The van der Waals surface area contributed by atoms with E-state index in [1.807, 2.05) is 18.0 Å². The molecule has 3 nitrogen and oxygen atoms in total. The maximum Gasteiger partial charge on any atom is 0.115 e. The summed E-state index contributed by atoms with van der Waals surface area (Å²) >= 11 is 1.86. The highest BCUT2D eigenvalue weighted by Crippen LogP contribution is 2.44. The number of hydrogen-bond donors (Lipinski definition) is 1. The van der Waals surface area contributed by atoms with Gasteiger partial charge in [-0.1, -0.05) is 20.8 Å². The Labute approximate surface area is 120 Å². The second-order valence-electron chi connectivity index (χ2n) is 6.57. The first-order valence-electron chi connectivity index (χ1n) is 7.13. The Morgan fingerprint density at radius 1 is 1.32 bits per heavy atom. The van der Waals surface area contributed by atoms with Crippen molar-refractivity contribution in [2.45, 2.75) is 50.3 Å². The van der Waals surface area contributed by atoms with Crippen LogP contribution >= 0.6 is 11.8 Å². The van der Waals surface area contributed by atoms with Gasteiger partial charge in [-0.15, -0.1) is 11.8 Å².